The van der Waals surface area contributed by atoms with Crippen LogP contribution in [0.1, 0.15) is 22.6 Å². The first kappa shape index (κ1) is 10.4. The molecule has 0 heterocycles. The minimum absolute atomic E-state index is 0.106. The topological polar surface area (TPSA) is 46.2 Å². The van der Waals surface area contributed by atoms with Gasteiger partial charge in [-0.3, -0.25) is 0 Å². The SMILES string of the molecule is N[C@@H]1Cc2cc(O)ccc2[C@H]1c1ccccc1. The van der Waals surface area contributed by atoms with Gasteiger partial charge < -0.3 is 10.8 Å². The zero-order valence-corrected chi connectivity index (χ0v) is 9.51. The lowest BCUT2D eigenvalue weighted by Crippen LogP contribution is -2.25. The number of benzene rings is 2. The summed E-state index contributed by atoms with van der Waals surface area (Å²) in [5.74, 6) is 0.580. The molecule has 2 aromatic carbocycles. The first-order chi connectivity index (χ1) is 8.25. The van der Waals surface area contributed by atoms with E-state index in [0.29, 0.717) is 5.75 Å². The van der Waals surface area contributed by atoms with Gasteiger partial charge in [-0.1, -0.05) is 36.4 Å². The minimum Gasteiger partial charge on any atom is -0.508 e. The van der Waals surface area contributed by atoms with E-state index in [2.05, 4.69) is 12.1 Å². The normalized spacial score (nSPS) is 22.4. The van der Waals surface area contributed by atoms with Gasteiger partial charge in [0.15, 0.2) is 0 Å². The third-order valence-electron chi connectivity index (χ3n) is 3.50. The Bertz CT molecular complexity index is 536. The lowest BCUT2D eigenvalue weighted by Gasteiger charge is -2.17. The molecule has 0 aliphatic heterocycles. The van der Waals surface area contributed by atoms with Crippen LogP contribution in [-0.4, -0.2) is 11.1 Å². The molecular formula is C15H15NO. The van der Waals surface area contributed by atoms with Crippen molar-refractivity contribution < 1.29 is 5.11 Å². The molecule has 3 N–H and O–H groups in total. The lowest BCUT2D eigenvalue weighted by molar-refractivity contribution is 0.474. The first-order valence-corrected chi connectivity index (χ1v) is 5.88. The Morgan fingerprint density at radius 2 is 1.82 bits per heavy atom. The molecule has 2 nitrogen and oxygen atoms in total. The lowest BCUT2D eigenvalue weighted by atomic mass is 9.91. The highest BCUT2D eigenvalue weighted by Crippen LogP contribution is 2.38. The predicted octanol–water partition coefficient (Wildman–Crippen LogP) is 2.41. The van der Waals surface area contributed by atoms with E-state index in [0.717, 1.165) is 6.42 Å². The molecular weight excluding hydrogens is 210 g/mol. The van der Waals surface area contributed by atoms with Gasteiger partial charge in [-0.25, -0.2) is 0 Å². The highest BCUT2D eigenvalue weighted by molar-refractivity contribution is 5.47. The molecule has 0 saturated carbocycles. The average molecular weight is 225 g/mol. The summed E-state index contributed by atoms with van der Waals surface area (Å²) in [4.78, 5) is 0. The number of aromatic hydroxyl groups is 1. The maximum Gasteiger partial charge on any atom is 0.115 e. The first-order valence-electron chi connectivity index (χ1n) is 5.88. The summed E-state index contributed by atoms with van der Waals surface area (Å²) < 4.78 is 0. The summed E-state index contributed by atoms with van der Waals surface area (Å²) in [5.41, 5.74) is 9.91. The molecule has 0 bridgehead atoms. The second kappa shape index (κ2) is 3.90. The van der Waals surface area contributed by atoms with Crippen molar-refractivity contribution >= 4 is 0 Å². The second-order valence-electron chi connectivity index (χ2n) is 4.64. The molecule has 0 saturated heterocycles. The van der Waals surface area contributed by atoms with Gasteiger partial charge in [0.25, 0.3) is 0 Å². The van der Waals surface area contributed by atoms with Gasteiger partial charge in [-0.05, 0) is 35.2 Å². The number of hydrogen-bond acceptors (Lipinski definition) is 2. The number of fused-ring (bicyclic) bond motifs is 1. The fourth-order valence-corrected chi connectivity index (χ4v) is 2.76. The fraction of sp³-hybridized carbons (Fsp3) is 0.200. The smallest absolute Gasteiger partial charge is 0.115 e. The molecule has 1 aliphatic rings. The van der Waals surface area contributed by atoms with E-state index in [1.54, 1.807) is 6.07 Å². The van der Waals surface area contributed by atoms with Crippen molar-refractivity contribution in [2.24, 2.45) is 5.73 Å². The fourth-order valence-electron chi connectivity index (χ4n) is 2.76. The Morgan fingerprint density at radius 1 is 1.06 bits per heavy atom. The Morgan fingerprint density at radius 3 is 2.59 bits per heavy atom. The Labute approximate surface area is 101 Å². The molecule has 2 heteroatoms. The number of phenolic OH excluding ortho intramolecular Hbond substituents is 1. The molecule has 0 spiro atoms. The molecule has 2 atom stereocenters. The number of phenols is 1. The zero-order chi connectivity index (χ0) is 11.8. The Balaban J connectivity index is 2.09. The molecule has 0 aromatic heterocycles. The van der Waals surface area contributed by atoms with Crippen LogP contribution < -0.4 is 5.73 Å². The summed E-state index contributed by atoms with van der Waals surface area (Å²) in [6.07, 6.45) is 0.837. The van der Waals surface area contributed by atoms with Crippen LogP contribution in [0.5, 0.6) is 5.75 Å². The Hall–Kier alpha value is -1.80. The maximum absolute atomic E-state index is 9.50. The van der Waals surface area contributed by atoms with Gasteiger partial charge in [-0.15, -0.1) is 0 Å². The van der Waals surface area contributed by atoms with Crippen LogP contribution >= 0.6 is 0 Å². The third-order valence-corrected chi connectivity index (χ3v) is 3.50. The van der Waals surface area contributed by atoms with Crippen molar-refractivity contribution in [1.82, 2.24) is 0 Å². The summed E-state index contributed by atoms with van der Waals surface area (Å²) >= 11 is 0. The molecule has 2 aromatic rings. The summed E-state index contributed by atoms with van der Waals surface area (Å²) in [6.45, 7) is 0. The van der Waals surface area contributed by atoms with Crippen LogP contribution in [-0.2, 0) is 6.42 Å². The summed E-state index contributed by atoms with van der Waals surface area (Å²) in [7, 11) is 0. The molecule has 0 radical (unpaired) electrons. The number of nitrogens with two attached hydrogens (primary N) is 1. The van der Waals surface area contributed by atoms with Crippen LogP contribution in [0.15, 0.2) is 48.5 Å². The Kier molecular flexibility index (Phi) is 2.37. The average Bonchev–Trinajstić information content (AvgIpc) is 2.65. The van der Waals surface area contributed by atoms with Crippen LogP contribution in [0.2, 0.25) is 0 Å². The van der Waals surface area contributed by atoms with Crippen LogP contribution in [0.25, 0.3) is 0 Å². The summed E-state index contributed by atoms with van der Waals surface area (Å²) in [5, 5.41) is 9.50. The van der Waals surface area contributed by atoms with E-state index in [4.69, 9.17) is 5.73 Å². The largest absolute Gasteiger partial charge is 0.508 e. The van der Waals surface area contributed by atoms with Crippen LogP contribution in [0.4, 0.5) is 0 Å². The molecule has 86 valence electrons. The van der Waals surface area contributed by atoms with Crippen molar-refractivity contribution in [2.45, 2.75) is 18.4 Å². The van der Waals surface area contributed by atoms with Crippen molar-refractivity contribution in [1.29, 1.82) is 0 Å². The van der Waals surface area contributed by atoms with Gasteiger partial charge in [0, 0.05) is 12.0 Å². The highest BCUT2D eigenvalue weighted by Gasteiger charge is 2.30. The van der Waals surface area contributed by atoms with Crippen LogP contribution in [0, 0.1) is 0 Å². The molecule has 0 unspecified atom stereocenters. The molecule has 0 amide bonds. The maximum atomic E-state index is 9.50. The van der Waals surface area contributed by atoms with Gasteiger partial charge in [0.2, 0.25) is 0 Å². The van der Waals surface area contributed by atoms with Crippen molar-refractivity contribution in [3.05, 3.63) is 65.2 Å². The van der Waals surface area contributed by atoms with E-state index in [1.807, 2.05) is 30.3 Å². The third kappa shape index (κ3) is 1.71. The van der Waals surface area contributed by atoms with Gasteiger partial charge in [0.1, 0.15) is 5.75 Å². The standard InChI is InChI=1S/C15H15NO/c16-14-9-11-8-12(17)6-7-13(11)15(14)10-4-2-1-3-5-10/h1-8,14-15,17H,9,16H2/t14-,15-/m1/s1. The highest BCUT2D eigenvalue weighted by atomic mass is 16.3. The molecule has 17 heavy (non-hydrogen) atoms. The van der Waals surface area contributed by atoms with Gasteiger partial charge in [-0.2, -0.15) is 0 Å². The quantitative estimate of drug-likeness (QED) is 0.783. The second-order valence-corrected chi connectivity index (χ2v) is 4.64. The number of rotatable bonds is 1. The molecule has 1 aliphatic carbocycles. The van der Waals surface area contributed by atoms with Crippen molar-refractivity contribution in [3.63, 3.8) is 0 Å². The van der Waals surface area contributed by atoms with E-state index in [1.165, 1.54) is 16.7 Å². The van der Waals surface area contributed by atoms with E-state index in [-0.39, 0.29) is 12.0 Å². The van der Waals surface area contributed by atoms with E-state index >= 15 is 0 Å². The number of hydrogen-bond donors (Lipinski definition) is 2. The van der Waals surface area contributed by atoms with Crippen molar-refractivity contribution in [2.75, 3.05) is 0 Å². The predicted molar refractivity (Wildman–Crippen MR) is 68.1 cm³/mol. The summed E-state index contributed by atoms with van der Waals surface area (Å²) in [6, 6.07) is 16.0. The molecule has 3 rings (SSSR count). The molecule has 0 fully saturated rings. The zero-order valence-electron chi connectivity index (χ0n) is 9.51. The minimum atomic E-state index is 0.106. The van der Waals surface area contributed by atoms with E-state index in [9.17, 15) is 5.11 Å². The van der Waals surface area contributed by atoms with Crippen molar-refractivity contribution in [3.8, 4) is 5.75 Å². The van der Waals surface area contributed by atoms with Crippen LogP contribution in [0.3, 0.4) is 0 Å². The van der Waals surface area contributed by atoms with E-state index < -0.39 is 0 Å². The van der Waals surface area contributed by atoms with Gasteiger partial charge in [0.05, 0.1) is 0 Å². The van der Waals surface area contributed by atoms with Gasteiger partial charge >= 0.3 is 0 Å². The monoisotopic (exact) mass is 225 g/mol.